The highest BCUT2D eigenvalue weighted by atomic mass is 19.4. The highest BCUT2D eigenvalue weighted by molar-refractivity contribution is 6.00. The van der Waals surface area contributed by atoms with Gasteiger partial charge in [0.05, 0.1) is 6.04 Å². The number of benzene rings is 3. The van der Waals surface area contributed by atoms with Crippen LogP contribution in [0.4, 0.5) is 23.7 Å². The Bertz CT molecular complexity index is 1700. The first-order valence-electron chi connectivity index (χ1n) is 15.6. The number of nitrogens with zero attached hydrogens (tertiary/aromatic N) is 2. The molecule has 1 saturated carbocycles. The molecule has 3 atom stereocenters. The molecule has 0 radical (unpaired) electrons. The summed E-state index contributed by atoms with van der Waals surface area (Å²) in [5, 5.41) is 0. The van der Waals surface area contributed by atoms with Crippen molar-refractivity contribution in [3.63, 3.8) is 0 Å². The number of imide groups is 1. The van der Waals surface area contributed by atoms with Crippen LogP contribution >= 0.6 is 0 Å². The minimum absolute atomic E-state index is 0.0480. The van der Waals surface area contributed by atoms with Crippen molar-refractivity contribution in [1.82, 2.24) is 4.90 Å². The van der Waals surface area contributed by atoms with Crippen LogP contribution in [0.1, 0.15) is 68.7 Å². The topological polar surface area (TPSA) is 76.2 Å². The van der Waals surface area contributed by atoms with Gasteiger partial charge in [0.1, 0.15) is 12.4 Å². The number of aryl methyl sites for hydroxylation is 1. The summed E-state index contributed by atoms with van der Waals surface area (Å²) < 4.78 is 50.6. The van der Waals surface area contributed by atoms with Crippen molar-refractivity contribution in [1.29, 1.82) is 0 Å². The summed E-state index contributed by atoms with van der Waals surface area (Å²) in [6.07, 6.45) is -4.37. The molecule has 3 aliphatic rings. The molecule has 1 saturated heterocycles. The SMILES string of the molecule is Cc1cc2c(cc1-c1cc([C@@H]3C[C@H]3C(=O)N3C(=O)OC[C@@H]3Cc3ccccc3)ccc1OC(F)(F)F)N(C(C)C)C(=O)CC2(C)C. The van der Waals surface area contributed by atoms with Crippen molar-refractivity contribution in [2.24, 2.45) is 5.92 Å². The van der Waals surface area contributed by atoms with Crippen molar-refractivity contribution in [3.05, 3.63) is 82.9 Å². The largest absolute Gasteiger partial charge is 0.573 e. The van der Waals surface area contributed by atoms with Gasteiger partial charge in [0.15, 0.2) is 0 Å². The Balaban J connectivity index is 1.35. The predicted molar refractivity (Wildman–Crippen MR) is 167 cm³/mol. The Morgan fingerprint density at radius 3 is 2.43 bits per heavy atom. The van der Waals surface area contributed by atoms with Crippen LogP contribution in [-0.4, -0.2) is 47.9 Å². The first-order chi connectivity index (χ1) is 21.6. The summed E-state index contributed by atoms with van der Waals surface area (Å²) in [6.45, 7) is 9.73. The van der Waals surface area contributed by atoms with Crippen LogP contribution in [0.3, 0.4) is 0 Å². The molecule has 1 aliphatic carbocycles. The van der Waals surface area contributed by atoms with Crippen molar-refractivity contribution in [2.45, 2.75) is 83.7 Å². The molecule has 242 valence electrons. The monoisotopic (exact) mass is 634 g/mol. The van der Waals surface area contributed by atoms with Crippen LogP contribution in [-0.2, 0) is 26.2 Å². The van der Waals surface area contributed by atoms with Crippen LogP contribution in [0, 0.1) is 12.8 Å². The molecule has 0 aromatic heterocycles. The molecule has 0 N–H and O–H groups in total. The zero-order valence-corrected chi connectivity index (χ0v) is 26.5. The molecular formula is C36H37F3N2O5. The fraction of sp³-hybridized carbons (Fsp3) is 0.417. The molecule has 0 bridgehead atoms. The van der Waals surface area contributed by atoms with Gasteiger partial charge < -0.3 is 14.4 Å². The van der Waals surface area contributed by atoms with Crippen molar-refractivity contribution in [2.75, 3.05) is 11.5 Å². The summed E-state index contributed by atoms with van der Waals surface area (Å²) >= 11 is 0. The summed E-state index contributed by atoms with van der Waals surface area (Å²) in [5.74, 6) is -1.56. The maximum Gasteiger partial charge on any atom is 0.573 e. The zero-order chi connectivity index (χ0) is 33.1. The number of anilines is 1. The van der Waals surface area contributed by atoms with Crippen LogP contribution in [0.25, 0.3) is 11.1 Å². The van der Waals surface area contributed by atoms with Gasteiger partial charge in [0, 0.05) is 35.0 Å². The number of hydrogen-bond donors (Lipinski definition) is 0. The smallest absolute Gasteiger partial charge is 0.447 e. The molecule has 7 nitrogen and oxygen atoms in total. The van der Waals surface area contributed by atoms with E-state index in [2.05, 4.69) is 4.74 Å². The summed E-state index contributed by atoms with van der Waals surface area (Å²) in [4.78, 5) is 42.4. The summed E-state index contributed by atoms with van der Waals surface area (Å²) in [7, 11) is 0. The molecule has 2 fully saturated rings. The van der Waals surface area contributed by atoms with Crippen LogP contribution in [0.2, 0.25) is 0 Å². The van der Waals surface area contributed by atoms with Crippen LogP contribution < -0.4 is 9.64 Å². The van der Waals surface area contributed by atoms with E-state index in [0.717, 1.165) is 16.7 Å². The molecular weight excluding hydrogens is 597 g/mol. The second-order valence-corrected chi connectivity index (χ2v) is 13.5. The van der Waals surface area contributed by atoms with E-state index >= 15 is 0 Å². The van der Waals surface area contributed by atoms with Gasteiger partial charge in [-0.25, -0.2) is 9.69 Å². The lowest BCUT2D eigenvalue weighted by Crippen LogP contribution is -2.45. The molecule has 3 amide bonds. The van der Waals surface area contributed by atoms with E-state index < -0.39 is 29.8 Å². The number of halogens is 3. The number of cyclic esters (lactones) is 1. The number of fused-ring (bicyclic) bond motifs is 1. The van der Waals surface area contributed by atoms with E-state index in [1.807, 2.05) is 71.0 Å². The van der Waals surface area contributed by atoms with E-state index in [9.17, 15) is 27.6 Å². The molecule has 0 spiro atoms. The Kier molecular flexibility index (Phi) is 7.89. The lowest BCUT2D eigenvalue weighted by atomic mass is 9.75. The van der Waals surface area contributed by atoms with Crippen molar-refractivity contribution < 1.29 is 37.0 Å². The lowest BCUT2D eigenvalue weighted by Gasteiger charge is -2.41. The average molecular weight is 635 g/mol. The zero-order valence-electron chi connectivity index (χ0n) is 26.5. The molecule has 46 heavy (non-hydrogen) atoms. The fourth-order valence-electron chi connectivity index (χ4n) is 6.97. The quantitative estimate of drug-likeness (QED) is 0.267. The molecule has 10 heteroatoms. The van der Waals surface area contributed by atoms with Gasteiger partial charge in [0.2, 0.25) is 11.8 Å². The maximum absolute atomic E-state index is 13.6. The van der Waals surface area contributed by atoms with E-state index in [-0.39, 0.29) is 41.7 Å². The van der Waals surface area contributed by atoms with E-state index in [0.29, 0.717) is 36.1 Å². The first kappa shape index (κ1) is 31.6. The Hall–Kier alpha value is -4.34. The number of alkyl halides is 3. The fourth-order valence-corrected chi connectivity index (χ4v) is 6.97. The molecule has 3 aromatic carbocycles. The third kappa shape index (κ3) is 5.97. The number of ether oxygens (including phenoxy) is 2. The van der Waals surface area contributed by atoms with Gasteiger partial charge in [-0.05, 0) is 85.5 Å². The number of carbonyl (C=O) groups is 3. The molecule has 3 aromatic rings. The van der Waals surface area contributed by atoms with Gasteiger partial charge in [-0.1, -0.05) is 56.3 Å². The second-order valence-electron chi connectivity index (χ2n) is 13.5. The molecule has 6 rings (SSSR count). The van der Waals surface area contributed by atoms with Gasteiger partial charge in [-0.3, -0.25) is 9.59 Å². The number of hydrogen-bond acceptors (Lipinski definition) is 5. The Morgan fingerprint density at radius 2 is 1.76 bits per heavy atom. The van der Waals surface area contributed by atoms with Gasteiger partial charge in [-0.15, -0.1) is 13.2 Å². The lowest BCUT2D eigenvalue weighted by molar-refractivity contribution is -0.274. The highest BCUT2D eigenvalue weighted by Gasteiger charge is 2.51. The van der Waals surface area contributed by atoms with Crippen LogP contribution in [0.5, 0.6) is 5.75 Å². The van der Waals surface area contributed by atoms with E-state index in [4.69, 9.17) is 4.74 Å². The number of carbonyl (C=O) groups excluding carboxylic acids is 3. The highest BCUT2D eigenvalue weighted by Crippen LogP contribution is 2.52. The average Bonchev–Trinajstić information content (AvgIpc) is 3.69. The predicted octanol–water partition coefficient (Wildman–Crippen LogP) is 7.68. The standard InChI is InChI=1S/C36H37F3N2O5/c1-20(2)40-30-17-25(21(3)13-29(30)35(4,5)18-32(40)42)27-15-23(11-12-31(27)46-36(37,38)39)26-16-28(26)33(43)41-24(19-45-34(41)44)14-22-9-7-6-8-10-22/h6-13,15,17,20,24,26,28H,14,16,18-19H2,1-5H3/t24-,26-,28+/m0/s1. The Morgan fingerprint density at radius 1 is 1.04 bits per heavy atom. The maximum atomic E-state index is 13.6. The minimum Gasteiger partial charge on any atom is -0.447 e. The molecule has 2 heterocycles. The minimum atomic E-state index is -4.93. The third-order valence-corrected chi connectivity index (χ3v) is 9.28. The van der Waals surface area contributed by atoms with Gasteiger partial charge >= 0.3 is 12.5 Å². The van der Waals surface area contributed by atoms with Gasteiger partial charge in [0.25, 0.3) is 0 Å². The van der Waals surface area contributed by atoms with Crippen molar-refractivity contribution in [3.8, 4) is 16.9 Å². The number of amides is 3. The normalized spacial score (nSPS) is 22.2. The number of rotatable bonds is 7. The third-order valence-electron chi connectivity index (χ3n) is 9.28. The van der Waals surface area contributed by atoms with Crippen LogP contribution in [0.15, 0.2) is 60.7 Å². The Labute approximate surface area is 266 Å². The molecule has 0 unspecified atom stereocenters. The summed E-state index contributed by atoms with van der Waals surface area (Å²) in [5.41, 5.74) is 4.27. The molecule has 2 aliphatic heterocycles. The summed E-state index contributed by atoms with van der Waals surface area (Å²) in [6, 6.07) is 17.2. The van der Waals surface area contributed by atoms with Crippen molar-refractivity contribution >= 4 is 23.6 Å². The van der Waals surface area contributed by atoms with Gasteiger partial charge in [-0.2, -0.15) is 0 Å². The second kappa shape index (κ2) is 11.5. The first-order valence-corrected chi connectivity index (χ1v) is 15.6. The van der Waals surface area contributed by atoms with E-state index in [1.165, 1.54) is 11.0 Å². The van der Waals surface area contributed by atoms with E-state index in [1.54, 1.807) is 23.1 Å².